The average molecular weight is 275 g/mol. The first-order valence-corrected chi connectivity index (χ1v) is 6.40. The monoisotopic (exact) mass is 274 g/mol. The topological polar surface area (TPSA) is 42.0 Å². The Labute approximate surface area is 117 Å². The van der Waals surface area contributed by atoms with Crippen LogP contribution < -0.4 is 5.32 Å². The van der Waals surface area contributed by atoms with Crippen LogP contribution in [0.25, 0.3) is 0 Å². The van der Waals surface area contributed by atoms with Crippen LogP contribution in [0.15, 0.2) is 36.5 Å². The number of nitrogens with one attached hydrogen (secondary N) is 1. The molecule has 98 valence electrons. The van der Waals surface area contributed by atoms with Gasteiger partial charge in [0, 0.05) is 6.20 Å². The van der Waals surface area contributed by atoms with Crippen molar-refractivity contribution in [3.05, 3.63) is 58.4 Å². The maximum absolute atomic E-state index is 12.0. The van der Waals surface area contributed by atoms with E-state index >= 15 is 0 Å². The fourth-order valence-corrected chi connectivity index (χ4v) is 2.00. The third-order valence-electron chi connectivity index (χ3n) is 2.86. The van der Waals surface area contributed by atoms with Gasteiger partial charge in [0.2, 0.25) is 5.91 Å². The number of carbonyl (C=O) groups is 1. The number of pyridine rings is 1. The Kier molecular flexibility index (Phi) is 4.17. The molecule has 0 atom stereocenters. The van der Waals surface area contributed by atoms with E-state index in [1.807, 2.05) is 44.2 Å². The summed E-state index contributed by atoms with van der Waals surface area (Å²) in [5.41, 5.74) is 3.63. The van der Waals surface area contributed by atoms with Crippen LogP contribution in [0.1, 0.15) is 16.7 Å². The second kappa shape index (κ2) is 5.85. The van der Waals surface area contributed by atoms with Crippen molar-refractivity contribution in [2.45, 2.75) is 20.3 Å². The van der Waals surface area contributed by atoms with Gasteiger partial charge in [0.1, 0.15) is 0 Å². The standard InChI is InChI=1S/C15H15ClN2O/c1-10-3-5-12(6-4-10)9-13(19)18-14-11(2)7-8-17-15(14)16/h3-8H,9H2,1-2H3,(H,18,19). The molecule has 2 rings (SSSR count). The molecule has 0 unspecified atom stereocenters. The number of aryl methyl sites for hydroxylation is 2. The molecule has 0 aliphatic carbocycles. The SMILES string of the molecule is Cc1ccc(CC(=O)Nc2c(C)ccnc2Cl)cc1. The predicted molar refractivity (Wildman–Crippen MR) is 77.5 cm³/mol. The Morgan fingerprint density at radius 3 is 2.53 bits per heavy atom. The van der Waals surface area contributed by atoms with Gasteiger partial charge in [-0.1, -0.05) is 41.4 Å². The van der Waals surface area contributed by atoms with E-state index in [1.54, 1.807) is 6.20 Å². The van der Waals surface area contributed by atoms with Gasteiger partial charge >= 0.3 is 0 Å². The smallest absolute Gasteiger partial charge is 0.228 e. The van der Waals surface area contributed by atoms with E-state index in [9.17, 15) is 4.79 Å². The number of carbonyl (C=O) groups excluding carboxylic acids is 1. The van der Waals surface area contributed by atoms with Crippen LogP contribution in [-0.4, -0.2) is 10.9 Å². The molecule has 0 bridgehead atoms. The van der Waals surface area contributed by atoms with E-state index in [4.69, 9.17) is 11.6 Å². The Hall–Kier alpha value is -1.87. The zero-order chi connectivity index (χ0) is 13.8. The number of aromatic nitrogens is 1. The van der Waals surface area contributed by atoms with E-state index in [0.29, 0.717) is 17.3 Å². The molecule has 1 amide bonds. The highest BCUT2D eigenvalue weighted by Gasteiger charge is 2.09. The average Bonchev–Trinajstić information content (AvgIpc) is 2.37. The molecular formula is C15H15ClN2O. The van der Waals surface area contributed by atoms with Crippen molar-refractivity contribution in [3.63, 3.8) is 0 Å². The minimum Gasteiger partial charge on any atom is -0.323 e. The Balaban J connectivity index is 2.07. The Morgan fingerprint density at radius 1 is 1.21 bits per heavy atom. The number of hydrogen-bond acceptors (Lipinski definition) is 2. The molecule has 0 saturated heterocycles. The van der Waals surface area contributed by atoms with E-state index in [2.05, 4.69) is 10.3 Å². The van der Waals surface area contributed by atoms with Gasteiger partial charge in [0.15, 0.2) is 5.15 Å². The van der Waals surface area contributed by atoms with Gasteiger partial charge in [-0.25, -0.2) is 4.98 Å². The van der Waals surface area contributed by atoms with Crippen molar-refractivity contribution in [1.29, 1.82) is 0 Å². The largest absolute Gasteiger partial charge is 0.323 e. The first-order valence-electron chi connectivity index (χ1n) is 6.03. The minimum absolute atomic E-state index is 0.0955. The normalized spacial score (nSPS) is 10.3. The number of nitrogens with zero attached hydrogens (tertiary/aromatic N) is 1. The molecule has 3 nitrogen and oxygen atoms in total. The highest BCUT2D eigenvalue weighted by Crippen LogP contribution is 2.22. The minimum atomic E-state index is -0.0955. The summed E-state index contributed by atoms with van der Waals surface area (Å²) in [6.07, 6.45) is 1.94. The van der Waals surface area contributed by atoms with Crippen LogP contribution in [0.3, 0.4) is 0 Å². The van der Waals surface area contributed by atoms with Gasteiger partial charge in [-0.2, -0.15) is 0 Å². The van der Waals surface area contributed by atoms with E-state index in [-0.39, 0.29) is 5.91 Å². The molecular weight excluding hydrogens is 260 g/mol. The molecule has 0 spiro atoms. The quantitative estimate of drug-likeness (QED) is 0.870. The second-order valence-electron chi connectivity index (χ2n) is 4.50. The molecule has 0 aliphatic heterocycles. The van der Waals surface area contributed by atoms with Crippen molar-refractivity contribution >= 4 is 23.2 Å². The lowest BCUT2D eigenvalue weighted by Crippen LogP contribution is -2.15. The van der Waals surface area contributed by atoms with Crippen LogP contribution >= 0.6 is 11.6 Å². The number of halogens is 1. The fourth-order valence-electron chi connectivity index (χ4n) is 1.75. The third kappa shape index (κ3) is 3.55. The lowest BCUT2D eigenvalue weighted by Gasteiger charge is -2.09. The van der Waals surface area contributed by atoms with E-state index < -0.39 is 0 Å². The number of hydrogen-bond donors (Lipinski definition) is 1. The van der Waals surface area contributed by atoms with Gasteiger partial charge in [-0.3, -0.25) is 4.79 Å². The molecule has 1 N–H and O–H groups in total. The summed E-state index contributed by atoms with van der Waals surface area (Å²) in [7, 11) is 0. The van der Waals surface area contributed by atoms with Crippen molar-refractivity contribution < 1.29 is 4.79 Å². The summed E-state index contributed by atoms with van der Waals surface area (Å²) < 4.78 is 0. The summed E-state index contributed by atoms with van der Waals surface area (Å²) in [4.78, 5) is 15.9. The molecule has 0 radical (unpaired) electrons. The molecule has 1 aromatic carbocycles. The van der Waals surface area contributed by atoms with Crippen LogP contribution in [0, 0.1) is 13.8 Å². The second-order valence-corrected chi connectivity index (χ2v) is 4.86. The maximum Gasteiger partial charge on any atom is 0.228 e. The highest BCUT2D eigenvalue weighted by molar-refractivity contribution is 6.32. The molecule has 0 saturated carbocycles. The van der Waals surface area contributed by atoms with Crippen LogP contribution in [0.2, 0.25) is 5.15 Å². The molecule has 0 aliphatic rings. The summed E-state index contributed by atoms with van der Waals surface area (Å²) in [6, 6.07) is 9.70. The van der Waals surface area contributed by atoms with E-state index in [1.165, 1.54) is 5.56 Å². The summed E-state index contributed by atoms with van der Waals surface area (Å²) in [6.45, 7) is 3.90. The summed E-state index contributed by atoms with van der Waals surface area (Å²) in [5.74, 6) is -0.0955. The number of anilines is 1. The zero-order valence-corrected chi connectivity index (χ0v) is 11.7. The van der Waals surface area contributed by atoms with Crippen molar-refractivity contribution in [3.8, 4) is 0 Å². The fraction of sp³-hybridized carbons (Fsp3) is 0.200. The molecule has 1 aromatic heterocycles. The van der Waals surface area contributed by atoms with Gasteiger partial charge in [0.05, 0.1) is 12.1 Å². The van der Waals surface area contributed by atoms with Crippen LogP contribution in [0.4, 0.5) is 5.69 Å². The van der Waals surface area contributed by atoms with Crippen LogP contribution in [0.5, 0.6) is 0 Å². The first-order chi connectivity index (χ1) is 9.06. The van der Waals surface area contributed by atoms with Crippen molar-refractivity contribution in [2.24, 2.45) is 0 Å². The number of benzene rings is 1. The van der Waals surface area contributed by atoms with Gasteiger partial charge in [0.25, 0.3) is 0 Å². The highest BCUT2D eigenvalue weighted by atomic mass is 35.5. The van der Waals surface area contributed by atoms with Crippen molar-refractivity contribution in [1.82, 2.24) is 4.98 Å². The molecule has 1 heterocycles. The Morgan fingerprint density at radius 2 is 1.89 bits per heavy atom. The van der Waals surface area contributed by atoms with Crippen LogP contribution in [-0.2, 0) is 11.2 Å². The predicted octanol–water partition coefficient (Wildman–Crippen LogP) is 3.53. The number of amides is 1. The summed E-state index contributed by atoms with van der Waals surface area (Å²) >= 11 is 5.97. The molecule has 2 aromatic rings. The summed E-state index contributed by atoms with van der Waals surface area (Å²) in [5, 5.41) is 3.13. The first kappa shape index (κ1) is 13.6. The van der Waals surface area contributed by atoms with Gasteiger partial charge in [-0.05, 0) is 31.0 Å². The van der Waals surface area contributed by atoms with Crippen molar-refractivity contribution in [2.75, 3.05) is 5.32 Å². The molecule has 0 fully saturated rings. The zero-order valence-electron chi connectivity index (χ0n) is 10.9. The molecule has 19 heavy (non-hydrogen) atoms. The Bertz CT molecular complexity index is 573. The van der Waals surface area contributed by atoms with E-state index in [0.717, 1.165) is 11.1 Å². The third-order valence-corrected chi connectivity index (χ3v) is 3.15. The maximum atomic E-state index is 12.0. The number of rotatable bonds is 3. The lowest BCUT2D eigenvalue weighted by molar-refractivity contribution is -0.115. The van der Waals surface area contributed by atoms with Gasteiger partial charge < -0.3 is 5.32 Å². The lowest BCUT2D eigenvalue weighted by atomic mass is 10.1. The van der Waals surface area contributed by atoms with Gasteiger partial charge in [-0.15, -0.1) is 0 Å². The molecule has 4 heteroatoms.